The Bertz CT molecular complexity index is 1020. The van der Waals surface area contributed by atoms with Crippen LogP contribution in [0.4, 0.5) is 0 Å². The van der Waals surface area contributed by atoms with Crippen molar-refractivity contribution in [2.45, 2.75) is 18.8 Å². The Balaban J connectivity index is 1.28. The van der Waals surface area contributed by atoms with Gasteiger partial charge >= 0.3 is 0 Å². The molecule has 0 radical (unpaired) electrons. The van der Waals surface area contributed by atoms with Gasteiger partial charge in [-0.05, 0) is 47.9 Å². The van der Waals surface area contributed by atoms with Crippen LogP contribution in [-0.2, 0) is 6.42 Å². The predicted octanol–water partition coefficient (Wildman–Crippen LogP) is 5.28. The quantitative estimate of drug-likeness (QED) is 0.490. The van der Waals surface area contributed by atoms with Gasteiger partial charge in [-0.3, -0.25) is 0 Å². The van der Waals surface area contributed by atoms with Gasteiger partial charge < -0.3 is 0 Å². The van der Waals surface area contributed by atoms with E-state index in [0.717, 1.165) is 22.9 Å². The van der Waals surface area contributed by atoms with Crippen molar-refractivity contribution in [3.8, 4) is 16.9 Å². The van der Waals surface area contributed by atoms with Gasteiger partial charge in [0.15, 0.2) is 0 Å². The second-order valence-electron chi connectivity index (χ2n) is 7.30. The van der Waals surface area contributed by atoms with Crippen molar-refractivity contribution in [2.24, 2.45) is 5.92 Å². The predicted molar refractivity (Wildman–Crippen MR) is 108 cm³/mol. The molecule has 0 aliphatic heterocycles. The van der Waals surface area contributed by atoms with Crippen LogP contribution in [0.25, 0.3) is 16.9 Å². The summed E-state index contributed by atoms with van der Waals surface area (Å²) in [7, 11) is 0. The highest BCUT2D eigenvalue weighted by molar-refractivity contribution is 5.57. The number of benzene rings is 3. The second-order valence-corrected chi connectivity index (χ2v) is 7.30. The first-order valence-electron chi connectivity index (χ1n) is 9.49. The molecule has 0 unspecified atom stereocenters. The topological polar surface area (TPSA) is 30.7 Å². The van der Waals surface area contributed by atoms with E-state index in [1.165, 1.54) is 24.0 Å². The molecule has 2 atom stereocenters. The Kier molecular flexibility index (Phi) is 4.06. The summed E-state index contributed by atoms with van der Waals surface area (Å²) in [5, 5.41) is 8.59. The van der Waals surface area contributed by atoms with E-state index in [1.54, 1.807) is 0 Å². The second kappa shape index (κ2) is 6.84. The molecule has 4 aromatic rings. The van der Waals surface area contributed by atoms with Crippen molar-refractivity contribution in [1.82, 2.24) is 15.0 Å². The Morgan fingerprint density at radius 3 is 2.26 bits per heavy atom. The van der Waals surface area contributed by atoms with Crippen LogP contribution in [0.5, 0.6) is 0 Å². The zero-order valence-electron chi connectivity index (χ0n) is 15.1. The summed E-state index contributed by atoms with van der Waals surface area (Å²) in [6, 6.07) is 29.7. The molecule has 3 heteroatoms. The molecule has 27 heavy (non-hydrogen) atoms. The smallest absolute Gasteiger partial charge is 0.113 e. The van der Waals surface area contributed by atoms with Crippen molar-refractivity contribution in [1.29, 1.82) is 0 Å². The van der Waals surface area contributed by atoms with E-state index >= 15 is 0 Å². The van der Waals surface area contributed by atoms with E-state index in [1.807, 2.05) is 29.1 Å². The highest BCUT2D eigenvalue weighted by atomic mass is 15.4. The molecule has 1 heterocycles. The van der Waals surface area contributed by atoms with Crippen molar-refractivity contribution < 1.29 is 0 Å². The molecule has 1 saturated carbocycles. The summed E-state index contributed by atoms with van der Waals surface area (Å²) in [4.78, 5) is 0. The standard InChI is InChI=1S/C24H21N3/c1-3-7-18(8-4-1)15-21-16-23(21)19-11-13-22(14-12-19)27-17-24(25-26-27)20-9-5-2-6-10-20/h1-14,17,21,23H,15-16H2/t21-,23+/m1/s1. The molecular weight excluding hydrogens is 330 g/mol. The van der Waals surface area contributed by atoms with Gasteiger partial charge in [-0.1, -0.05) is 78.0 Å². The van der Waals surface area contributed by atoms with Crippen LogP contribution in [0.3, 0.4) is 0 Å². The fraction of sp³-hybridized carbons (Fsp3) is 0.167. The SMILES string of the molecule is c1ccc(C[C@@H]2C[C@H]2c2ccc(-n3cc(-c4ccccc4)nn3)cc2)cc1. The maximum Gasteiger partial charge on any atom is 0.113 e. The normalized spacial score (nSPS) is 18.4. The minimum Gasteiger partial charge on any atom is -0.220 e. The molecular formula is C24H21N3. The lowest BCUT2D eigenvalue weighted by atomic mass is 10.0. The van der Waals surface area contributed by atoms with Gasteiger partial charge in [0.25, 0.3) is 0 Å². The van der Waals surface area contributed by atoms with Crippen LogP contribution in [0.15, 0.2) is 91.1 Å². The monoisotopic (exact) mass is 351 g/mol. The molecule has 5 rings (SSSR count). The minimum atomic E-state index is 0.690. The van der Waals surface area contributed by atoms with Crippen LogP contribution in [0.1, 0.15) is 23.5 Å². The van der Waals surface area contributed by atoms with Crippen molar-refractivity contribution in [3.05, 3.63) is 102 Å². The van der Waals surface area contributed by atoms with E-state index < -0.39 is 0 Å². The van der Waals surface area contributed by atoms with Gasteiger partial charge in [0.05, 0.1) is 11.9 Å². The summed E-state index contributed by atoms with van der Waals surface area (Å²) in [5.41, 5.74) is 5.90. The van der Waals surface area contributed by atoms with Gasteiger partial charge in [-0.2, -0.15) is 0 Å². The summed E-state index contributed by atoms with van der Waals surface area (Å²) in [6.45, 7) is 0. The van der Waals surface area contributed by atoms with E-state index in [0.29, 0.717) is 5.92 Å². The molecule has 1 aromatic heterocycles. The largest absolute Gasteiger partial charge is 0.220 e. The van der Waals surface area contributed by atoms with Gasteiger partial charge in [0, 0.05) is 5.56 Å². The number of hydrogen-bond acceptors (Lipinski definition) is 2. The highest BCUT2D eigenvalue weighted by Crippen LogP contribution is 2.49. The maximum atomic E-state index is 4.30. The molecule has 0 saturated heterocycles. The number of rotatable bonds is 5. The van der Waals surface area contributed by atoms with E-state index in [9.17, 15) is 0 Å². The Labute approximate surface area is 159 Å². The third-order valence-electron chi connectivity index (χ3n) is 5.41. The fourth-order valence-electron chi connectivity index (χ4n) is 3.80. The van der Waals surface area contributed by atoms with Gasteiger partial charge in [0.2, 0.25) is 0 Å². The molecule has 1 aliphatic rings. The van der Waals surface area contributed by atoms with Crippen molar-refractivity contribution in [3.63, 3.8) is 0 Å². The van der Waals surface area contributed by atoms with E-state index in [2.05, 4.69) is 77.0 Å². The summed E-state index contributed by atoms with van der Waals surface area (Å²) >= 11 is 0. The van der Waals surface area contributed by atoms with Crippen LogP contribution < -0.4 is 0 Å². The van der Waals surface area contributed by atoms with Crippen molar-refractivity contribution in [2.75, 3.05) is 0 Å². The van der Waals surface area contributed by atoms with Crippen LogP contribution in [0.2, 0.25) is 0 Å². The Morgan fingerprint density at radius 2 is 1.52 bits per heavy atom. The molecule has 1 aliphatic carbocycles. The Hall–Kier alpha value is -3.20. The molecule has 0 amide bonds. The lowest BCUT2D eigenvalue weighted by Gasteiger charge is -2.04. The van der Waals surface area contributed by atoms with E-state index in [-0.39, 0.29) is 0 Å². The lowest BCUT2D eigenvalue weighted by molar-refractivity contribution is 0.790. The summed E-state index contributed by atoms with van der Waals surface area (Å²) in [6.07, 6.45) is 4.45. The average Bonchev–Trinajstić information content (AvgIpc) is 3.32. The van der Waals surface area contributed by atoms with Gasteiger partial charge in [0.1, 0.15) is 5.69 Å². The third kappa shape index (κ3) is 3.41. The summed E-state index contributed by atoms with van der Waals surface area (Å²) < 4.78 is 1.85. The fourth-order valence-corrected chi connectivity index (χ4v) is 3.80. The average molecular weight is 351 g/mol. The molecule has 0 N–H and O–H groups in total. The lowest BCUT2D eigenvalue weighted by Crippen LogP contribution is -1.95. The summed E-state index contributed by atoms with van der Waals surface area (Å²) in [5.74, 6) is 1.46. The number of aromatic nitrogens is 3. The maximum absolute atomic E-state index is 4.30. The first-order valence-corrected chi connectivity index (χ1v) is 9.49. The highest BCUT2D eigenvalue weighted by Gasteiger charge is 2.37. The molecule has 3 aromatic carbocycles. The van der Waals surface area contributed by atoms with Crippen LogP contribution in [-0.4, -0.2) is 15.0 Å². The number of nitrogens with zero attached hydrogens (tertiary/aromatic N) is 3. The van der Waals surface area contributed by atoms with E-state index in [4.69, 9.17) is 0 Å². The molecule has 0 bridgehead atoms. The van der Waals surface area contributed by atoms with Gasteiger partial charge in [-0.15, -0.1) is 5.10 Å². The van der Waals surface area contributed by atoms with Gasteiger partial charge in [-0.25, -0.2) is 4.68 Å². The Morgan fingerprint density at radius 1 is 0.815 bits per heavy atom. The first kappa shape index (κ1) is 16.0. The van der Waals surface area contributed by atoms with Crippen LogP contribution in [0, 0.1) is 5.92 Å². The zero-order valence-corrected chi connectivity index (χ0v) is 15.1. The van der Waals surface area contributed by atoms with Crippen LogP contribution >= 0.6 is 0 Å². The zero-order chi connectivity index (χ0) is 18.1. The first-order chi connectivity index (χ1) is 13.4. The minimum absolute atomic E-state index is 0.690. The van der Waals surface area contributed by atoms with Crippen molar-refractivity contribution >= 4 is 0 Å². The number of hydrogen-bond donors (Lipinski definition) is 0. The molecule has 132 valence electrons. The third-order valence-corrected chi connectivity index (χ3v) is 5.41. The molecule has 0 spiro atoms. The molecule has 1 fully saturated rings. The molecule has 3 nitrogen and oxygen atoms in total.